The standard InChI is InChI=1S/C20H15Cl3N2O3S/c1-25(29(27,28)17-9-4-14(21)5-10-17)16-7-2-13(3-8-16)20(26)24-15-6-11-18(22)19(23)12-15/h2-12H,1H3,(H,24,26). The van der Waals surface area contributed by atoms with Crippen LogP contribution in [0.25, 0.3) is 0 Å². The predicted octanol–water partition coefficient (Wildman–Crippen LogP) is 5.72. The minimum absolute atomic E-state index is 0.117. The number of halogens is 3. The topological polar surface area (TPSA) is 66.5 Å². The fourth-order valence-corrected chi connectivity index (χ4v) is 4.12. The summed E-state index contributed by atoms with van der Waals surface area (Å²) >= 11 is 17.6. The summed E-state index contributed by atoms with van der Waals surface area (Å²) in [7, 11) is -2.31. The zero-order valence-electron chi connectivity index (χ0n) is 15.1. The molecule has 9 heteroatoms. The Labute approximate surface area is 183 Å². The molecule has 0 aliphatic heterocycles. The third kappa shape index (κ3) is 4.85. The molecule has 3 rings (SSSR count). The molecule has 0 saturated heterocycles. The number of hydrogen-bond acceptors (Lipinski definition) is 3. The van der Waals surface area contributed by atoms with Crippen molar-refractivity contribution in [1.82, 2.24) is 0 Å². The molecule has 29 heavy (non-hydrogen) atoms. The first-order valence-corrected chi connectivity index (χ1v) is 10.9. The molecule has 3 aromatic carbocycles. The van der Waals surface area contributed by atoms with Gasteiger partial charge in [-0.05, 0) is 66.7 Å². The van der Waals surface area contributed by atoms with Gasteiger partial charge in [0.15, 0.2) is 0 Å². The monoisotopic (exact) mass is 468 g/mol. The summed E-state index contributed by atoms with van der Waals surface area (Å²) in [4.78, 5) is 12.5. The van der Waals surface area contributed by atoms with Gasteiger partial charge < -0.3 is 5.32 Å². The summed E-state index contributed by atoms with van der Waals surface area (Å²) in [5.74, 6) is -0.363. The van der Waals surface area contributed by atoms with Gasteiger partial charge in [-0.2, -0.15) is 0 Å². The first kappa shape index (κ1) is 21.5. The predicted molar refractivity (Wildman–Crippen MR) is 118 cm³/mol. The maximum absolute atomic E-state index is 12.7. The van der Waals surface area contributed by atoms with Crippen LogP contribution >= 0.6 is 34.8 Å². The molecule has 5 nitrogen and oxygen atoms in total. The minimum Gasteiger partial charge on any atom is -0.322 e. The number of sulfonamides is 1. The molecule has 0 heterocycles. The van der Waals surface area contributed by atoms with Crippen LogP contribution in [0.3, 0.4) is 0 Å². The Kier molecular flexibility index (Phi) is 6.39. The van der Waals surface area contributed by atoms with Crippen LogP contribution in [-0.4, -0.2) is 21.4 Å². The average Bonchev–Trinajstić information content (AvgIpc) is 2.70. The summed E-state index contributed by atoms with van der Waals surface area (Å²) < 4.78 is 26.6. The number of nitrogens with one attached hydrogen (secondary N) is 1. The highest BCUT2D eigenvalue weighted by atomic mass is 35.5. The molecule has 1 N–H and O–H groups in total. The molecule has 0 bridgehead atoms. The summed E-state index contributed by atoms with van der Waals surface area (Å²) in [6.45, 7) is 0. The SMILES string of the molecule is CN(c1ccc(C(=O)Nc2ccc(Cl)c(Cl)c2)cc1)S(=O)(=O)c1ccc(Cl)cc1. The molecule has 0 radical (unpaired) electrons. The Morgan fingerprint density at radius 1 is 0.862 bits per heavy atom. The first-order valence-electron chi connectivity index (χ1n) is 8.29. The van der Waals surface area contributed by atoms with Crippen LogP contribution in [-0.2, 0) is 10.0 Å². The molecule has 0 fully saturated rings. The highest BCUT2D eigenvalue weighted by molar-refractivity contribution is 7.92. The van der Waals surface area contributed by atoms with E-state index in [1.165, 1.54) is 43.4 Å². The smallest absolute Gasteiger partial charge is 0.264 e. The quantitative estimate of drug-likeness (QED) is 0.519. The second kappa shape index (κ2) is 8.63. The molecular weight excluding hydrogens is 455 g/mol. The van der Waals surface area contributed by atoms with Crippen molar-refractivity contribution in [2.75, 3.05) is 16.7 Å². The molecular formula is C20H15Cl3N2O3S. The summed E-state index contributed by atoms with van der Waals surface area (Å²) in [5, 5.41) is 3.87. The van der Waals surface area contributed by atoms with Gasteiger partial charge in [-0.1, -0.05) is 34.8 Å². The lowest BCUT2D eigenvalue weighted by molar-refractivity contribution is 0.102. The van der Waals surface area contributed by atoms with Crippen molar-refractivity contribution in [3.8, 4) is 0 Å². The van der Waals surface area contributed by atoms with E-state index in [9.17, 15) is 13.2 Å². The van der Waals surface area contributed by atoms with Crippen molar-refractivity contribution in [2.24, 2.45) is 0 Å². The van der Waals surface area contributed by atoms with E-state index in [1.807, 2.05) is 0 Å². The third-order valence-corrected chi connectivity index (χ3v) is 6.93. The lowest BCUT2D eigenvalue weighted by atomic mass is 10.2. The van der Waals surface area contributed by atoms with E-state index in [0.717, 1.165) is 4.31 Å². The van der Waals surface area contributed by atoms with Crippen LogP contribution in [0.4, 0.5) is 11.4 Å². The maximum Gasteiger partial charge on any atom is 0.264 e. The Bertz CT molecular complexity index is 1150. The van der Waals surface area contributed by atoms with Crippen molar-refractivity contribution in [3.63, 3.8) is 0 Å². The highest BCUT2D eigenvalue weighted by Gasteiger charge is 2.21. The van der Waals surface area contributed by atoms with Crippen molar-refractivity contribution < 1.29 is 13.2 Å². The van der Waals surface area contributed by atoms with Crippen LogP contribution in [0.15, 0.2) is 71.6 Å². The van der Waals surface area contributed by atoms with Gasteiger partial charge >= 0.3 is 0 Å². The van der Waals surface area contributed by atoms with Gasteiger partial charge in [0.25, 0.3) is 15.9 Å². The van der Waals surface area contributed by atoms with E-state index in [0.29, 0.717) is 32.0 Å². The number of hydrogen-bond donors (Lipinski definition) is 1. The molecule has 150 valence electrons. The number of carbonyl (C=O) groups excluding carboxylic acids is 1. The lowest BCUT2D eigenvalue weighted by Crippen LogP contribution is -2.26. The van der Waals surface area contributed by atoms with Crippen molar-refractivity contribution >= 4 is 62.1 Å². The van der Waals surface area contributed by atoms with E-state index in [4.69, 9.17) is 34.8 Å². The Morgan fingerprint density at radius 3 is 2.07 bits per heavy atom. The van der Waals surface area contributed by atoms with Gasteiger partial charge in [0, 0.05) is 23.3 Å². The van der Waals surface area contributed by atoms with E-state index in [2.05, 4.69) is 5.32 Å². The number of amides is 1. The number of nitrogens with zero attached hydrogens (tertiary/aromatic N) is 1. The number of anilines is 2. The summed E-state index contributed by atoms with van der Waals surface area (Å²) in [5.41, 5.74) is 1.26. The Morgan fingerprint density at radius 2 is 1.48 bits per heavy atom. The molecule has 0 aromatic heterocycles. The second-order valence-corrected chi connectivity index (χ2v) is 9.28. The summed E-state index contributed by atoms with van der Waals surface area (Å²) in [6, 6.07) is 16.8. The lowest BCUT2D eigenvalue weighted by Gasteiger charge is -2.20. The van der Waals surface area contributed by atoms with E-state index in [1.54, 1.807) is 30.3 Å². The number of benzene rings is 3. The molecule has 0 aliphatic rings. The normalized spacial score (nSPS) is 11.2. The molecule has 3 aromatic rings. The van der Waals surface area contributed by atoms with Crippen molar-refractivity contribution in [3.05, 3.63) is 87.4 Å². The van der Waals surface area contributed by atoms with Gasteiger partial charge in [-0.25, -0.2) is 8.42 Å². The molecule has 0 spiro atoms. The van der Waals surface area contributed by atoms with Crippen molar-refractivity contribution in [1.29, 1.82) is 0 Å². The van der Waals surface area contributed by atoms with Crippen LogP contribution in [0.1, 0.15) is 10.4 Å². The second-order valence-electron chi connectivity index (χ2n) is 6.06. The largest absolute Gasteiger partial charge is 0.322 e. The van der Waals surface area contributed by atoms with Crippen LogP contribution in [0.5, 0.6) is 0 Å². The van der Waals surface area contributed by atoms with Crippen molar-refractivity contribution in [2.45, 2.75) is 4.90 Å². The van der Waals surface area contributed by atoms with Crippen LogP contribution in [0, 0.1) is 0 Å². The number of carbonyl (C=O) groups is 1. The van der Waals surface area contributed by atoms with E-state index in [-0.39, 0.29) is 10.8 Å². The van der Waals surface area contributed by atoms with E-state index < -0.39 is 10.0 Å². The van der Waals surface area contributed by atoms with E-state index >= 15 is 0 Å². The van der Waals surface area contributed by atoms with Gasteiger partial charge in [-0.3, -0.25) is 9.10 Å². The highest BCUT2D eigenvalue weighted by Crippen LogP contribution is 2.26. The Balaban J connectivity index is 1.77. The first-order chi connectivity index (χ1) is 13.7. The fourth-order valence-electron chi connectivity index (χ4n) is 2.50. The molecule has 0 unspecified atom stereocenters. The van der Waals surface area contributed by atoms with Crippen LogP contribution < -0.4 is 9.62 Å². The summed E-state index contributed by atoms with van der Waals surface area (Å²) in [6.07, 6.45) is 0. The zero-order chi connectivity index (χ0) is 21.2. The van der Waals surface area contributed by atoms with Gasteiger partial charge in [0.1, 0.15) is 0 Å². The van der Waals surface area contributed by atoms with Gasteiger partial charge in [0.05, 0.1) is 20.6 Å². The fraction of sp³-hybridized carbons (Fsp3) is 0.0500. The maximum atomic E-state index is 12.7. The molecule has 0 aliphatic carbocycles. The van der Waals surface area contributed by atoms with Gasteiger partial charge in [-0.15, -0.1) is 0 Å². The minimum atomic E-state index is -3.75. The van der Waals surface area contributed by atoms with Gasteiger partial charge in [0.2, 0.25) is 0 Å². The molecule has 1 amide bonds. The molecule has 0 atom stereocenters. The Hall–Kier alpha value is -2.25. The van der Waals surface area contributed by atoms with Crippen LogP contribution in [0.2, 0.25) is 15.1 Å². The zero-order valence-corrected chi connectivity index (χ0v) is 18.1. The molecule has 0 saturated carbocycles. The third-order valence-electron chi connectivity index (χ3n) is 4.14. The number of rotatable bonds is 5. The average molecular weight is 470 g/mol.